The second kappa shape index (κ2) is 7.22. The number of nitrogens with one attached hydrogen (secondary N) is 1. The highest BCUT2D eigenvalue weighted by molar-refractivity contribution is 7.89. The molecule has 0 aliphatic carbocycles. The molecule has 25 heavy (non-hydrogen) atoms. The molecule has 0 aromatic heterocycles. The van der Waals surface area contributed by atoms with E-state index in [9.17, 15) is 13.2 Å². The van der Waals surface area contributed by atoms with Crippen LogP contribution in [0.25, 0.3) is 0 Å². The Morgan fingerprint density at radius 1 is 1.12 bits per heavy atom. The fourth-order valence-corrected chi connectivity index (χ4v) is 4.42. The number of hydroxylamine groups is 1. The molecule has 1 amide bonds. The van der Waals surface area contributed by atoms with Gasteiger partial charge in [0.25, 0.3) is 5.91 Å². The van der Waals surface area contributed by atoms with Crippen molar-refractivity contribution >= 4 is 15.9 Å². The van der Waals surface area contributed by atoms with Crippen LogP contribution in [0.5, 0.6) is 11.5 Å². The van der Waals surface area contributed by atoms with Gasteiger partial charge in [0.1, 0.15) is 17.5 Å². The van der Waals surface area contributed by atoms with Crippen molar-refractivity contribution in [2.45, 2.75) is 19.0 Å². The van der Waals surface area contributed by atoms with E-state index in [-0.39, 0.29) is 18.7 Å². The normalized spacial score (nSPS) is 19.5. The van der Waals surface area contributed by atoms with Gasteiger partial charge in [0.2, 0.25) is 10.0 Å². The maximum Gasteiger partial charge on any atom is 0.261 e. The number of ether oxygens (including phenoxy) is 1. The first-order chi connectivity index (χ1) is 12.0. The Balaban J connectivity index is 1.73. The van der Waals surface area contributed by atoms with Gasteiger partial charge in [-0.1, -0.05) is 30.3 Å². The maximum absolute atomic E-state index is 12.1. The zero-order valence-electron chi connectivity index (χ0n) is 13.3. The lowest BCUT2D eigenvalue weighted by Gasteiger charge is -2.21. The van der Waals surface area contributed by atoms with Gasteiger partial charge in [-0.2, -0.15) is 4.31 Å². The molecule has 1 heterocycles. The Labute approximate surface area is 145 Å². The van der Waals surface area contributed by atoms with Crippen LogP contribution in [0.1, 0.15) is 12.0 Å². The summed E-state index contributed by atoms with van der Waals surface area (Å²) in [7, 11) is -3.52. The number of para-hydroxylation sites is 1. The minimum absolute atomic E-state index is 0.0615. The Morgan fingerprint density at radius 3 is 2.40 bits per heavy atom. The Kier molecular flexibility index (Phi) is 5.03. The molecule has 1 unspecified atom stereocenters. The molecule has 1 atom stereocenters. The zero-order valence-corrected chi connectivity index (χ0v) is 14.1. The third kappa shape index (κ3) is 3.98. The molecule has 0 bridgehead atoms. The van der Waals surface area contributed by atoms with E-state index >= 15 is 0 Å². The first kappa shape index (κ1) is 17.4. The lowest BCUT2D eigenvalue weighted by atomic mass is 10.1. The van der Waals surface area contributed by atoms with Crippen molar-refractivity contribution < 1.29 is 23.2 Å². The highest BCUT2D eigenvalue weighted by atomic mass is 32.2. The number of carbonyl (C=O) groups excluding carboxylic acids is 1. The topological polar surface area (TPSA) is 95.9 Å². The summed E-state index contributed by atoms with van der Waals surface area (Å²) in [4.78, 5) is 11.7. The van der Waals surface area contributed by atoms with Gasteiger partial charge in [-0.3, -0.25) is 10.0 Å². The third-order valence-electron chi connectivity index (χ3n) is 4.01. The average Bonchev–Trinajstić information content (AvgIpc) is 2.91. The van der Waals surface area contributed by atoms with Crippen molar-refractivity contribution in [1.29, 1.82) is 0 Å². The molecule has 132 valence electrons. The van der Waals surface area contributed by atoms with Crippen LogP contribution in [-0.2, 0) is 21.4 Å². The van der Waals surface area contributed by atoms with E-state index in [1.165, 1.54) is 5.48 Å². The van der Waals surface area contributed by atoms with E-state index < -0.39 is 22.0 Å². The molecule has 0 spiro atoms. The van der Waals surface area contributed by atoms with Gasteiger partial charge in [0.05, 0.1) is 5.75 Å². The molecule has 1 saturated heterocycles. The predicted molar refractivity (Wildman–Crippen MR) is 90.6 cm³/mol. The summed E-state index contributed by atoms with van der Waals surface area (Å²) >= 11 is 0. The highest BCUT2D eigenvalue weighted by Gasteiger charge is 2.41. The average molecular weight is 362 g/mol. The van der Waals surface area contributed by atoms with Crippen LogP contribution in [0.2, 0.25) is 0 Å². The van der Waals surface area contributed by atoms with Crippen LogP contribution in [0.3, 0.4) is 0 Å². The quantitative estimate of drug-likeness (QED) is 0.625. The van der Waals surface area contributed by atoms with Gasteiger partial charge < -0.3 is 4.74 Å². The van der Waals surface area contributed by atoms with Crippen LogP contribution >= 0.6 is 0 Å². The molecule has 2 aromatic carbocycles. The highest BCUT2D eigenvalue weighted by Crippen LogP contribution is 2.26. The van der Waals surface area contributed by atoms with Gasteiger partial charge in [0.15, 0.2) is 0 Å². The van der Waals surface area contributed by atoms with E-state index in [0.717, 1.165) is 9.87 Å². The SMILES string of the molecule is O=C(NO)C1CCS(=O)(=O)N1Cc1ccc(Oc2ccccc2)cc1. The van der Waals surface area contributed by atoms with Crippen molar-refractivity contribution in [2.75, 3.05) is 5.75 Å². The molecule has 1 aliphatic heterocycles. The summed E-state index contributed by atoms with van der Waals surface area (Å²) in [5.41, 5.74) is 2.26. The maximum atomic E-state index is 12.1. The first-order valence-electron chi connectivity index (χ1n) is 7.75. The van der Waals surface area contributed by atoms with E-state index in [4.69, 9.17) is 9.94 Å². The Hall–Kier alpha value is -2.42. The smallest absolute Gasteiger partial charge is 0.261 e. The minimum atomic E-state index is -3.52. The van der Waals surface area contributed by atoms with Crippen molar-refractivity contribution in [3.63, 3.8) is 0 Å². The summed E-state index contributed by atoms with van der Waals surface area (Å²) in [6.07, 6.45) is 0.157. The van der Waals surface area contributed by atoms with Gasteiger partial charge in [-0.25, -0.2) is 13.9 Å². The number of hydrogen-bond acceptors (Lipinski definition) is 5. The number of hydrogen-bond donors (Lipinski definition) is 2. The molecule has 7 nitrogen and oxygen atoms in total. The van der Waals surface area contributed by atoms with Gasteiger partial charge in [-0.05, 0) is 36.2 Å². The number of nitrogens with zero attached hydrogens (tertiary/aromatic N) is 1. The summed E-state index contributed by atoms with van der Waals surface area (Å²) < 4.78 is 31.1. The predicted octanol–water partition coefficient (Wildman–Crippen LogP) is 1.89. The molecule has 0 radical (unpaired) electrons. The molecule has 8 heteroatoms. The number of sulfonamides is 1. The standard InChI is InChI=1S/C17H18N2O5S/c20-17(18-21)16-10-11-25(22,23)19(16)12-13-6-8-15(9-7-13)24-14-4-2-1-3-5-14/h1-9,16,21H,10-12H2,(H,18,20). The second-order valence-corrected chi connectivity index (χ2v) is 7.74. The minimum Gasteiger partial charge on any atom is -0.457 e. The van der Waals surface area contributed by atoms with Crippen molar-refractivity contribution in [3.05, 3.63) is 60.2 Å². The van der Waals surface area contributed by atoms with Crippen molar-refractivity contribution in [3.8, 4) is 11.5 Å². The third-order valence-corrected chi connectivity index (χ3v) is 5.86. The summed E-state index contributed by atoms with van der Waals surface area (Å²) in [6, 6.07) is 15.4. The molecule has 2 aromatic rings. The fourth-order valence-electron chi connectivity index (χ4n) is 2.73. The zero-order chi connectivity index (χ0) is 17.9. The van der Waals surface area contributed by atoms with Crippen LogP contribution in [0, 0.1) is 0 Å². The van der Waals surface area contributed by atoms with E-state index in [0.29, 0.717) is 11.5 Å². The van der Waals surface area contributed by atoms with Gasteiger partial charge >= 0.3 is 0 Å². The lowest BCUT2D eigenvalue weighted by Crippen LogP contribution is -2.43. The van der Waals surface area contributed by atoms with Gasteiger partial charge in [-0.15, -0.1) is 0 Å². The molecular formula is C17H18N2O5S. The molecule has 1 fully saturated rings. The van der Waals surface area contributed by atoms with E-state index in [1.54, 1.807) is 24.3 Å². The van der Waals surface area contributed by atoms with Crippen LogP contribution < -0.4 is 10.2 Å². The lowest BCUT2D eigenvalue weighted by molar-refractivity contribution is -0.133. The molecule has 0 saturated carbocycles. The molecule has 2 N–H and O–H groups in total. The summed E-state index contributed by atoms with van der Waals surface area (Å²) in [5, 5.41) is 8.79. The molecule has 1 aliphatic rings. The number of rotatable bonds is 5. The van der Waals surface area contributed by atoms with Crippen LogP contribution in [-0.4, -0.2) is 35.6 Å². The fraction of sp³-hybridized carbons (Fsp3) is 0.235. The summed E-state index contributed by atoms with van der Waals surface area (Å²) in [5.74, 6) is 0.506. The van der Waals surface area contributed by atoms with Crippen LogP contribution in [0.15, 0.2) is 54.6 Å². The molecular weight excluding hydrogens is 344 g/mol. The van der Waals surface area contributed by atoms with E-state index in [1.807, 2.05) is 30.3 Å². The van der Waals surface area contributed by atoms with Gasteiger partial charge in [0, 0.05) is 6.54 Å². The van der Waals surface area contributed by atoms with Crippen molar-refractivity contribution in [1.82, 2.24) is 9.79 Å². The van der Waals surface area contributed by atoms with Crippen molar-refractivity contribution in [2.24, 2.45) is 0 Å². The van der Waals surface area contributed by atoms with Crippen LogP contribution in [0.4, 0.5) is 0 Å². The number of carbonyl (C=O) groups is 1. The Morgan fingerprint density at radius 2 is 1.76 bits per heavy atom. The molecule has 3 rings (SSSR count). The van der Waals surface area contributed by atoms with E-state index in [2.05, 4.69) is 0 Å². The number of amides is 1. The second-order valence-electron chi connectivity index (χ2n) is 5.70. The monoisotopic (exact) mass is 362 g/mol. The Bertz CT molecular complexity index is 837. The number of benzene rings is 2. The summed E-state index contributed by atoms with van der Waals surface area (Å²) in [6.45, 7) is 0.0615. The first-order valence-corrected chi connectivity index (χ1v) is 9.36. The largest absolute Gasteiger partial charge is 0.457 e.